The van der Waals surface area contributed by atoms with Crippen LogP contribution in [0.25, 0.3) is 6.08 Å². The second-order valence-corrected chi connectivity index (χ2v) is 8.79. The number of nitrogens with zero attached hydrogens (tertiary/aromatic N) is 3. The third kappa shape index (κ3) is 6.54. The summed E-state index contributed by atoms with van der Waals surface area (Å²) in [6, 6.07) is 9.82. The van der Waals surface area contributed by atoms with Crippen molar-refractivity contribution in [1.29, 1.82) is 0 Å². The van der Waals surface area contributed by atoms with Crippen molar-refractivity contribution in [2.45, 2.75) is 6.92 Å². The van der Waals surface area contributed by atoms with Gasteiger partial charge in [-0.25, -0.2) is 13.8 Å². The summed E-state index contributed by atoms with van der Waals surface area (Å²) in [6.45, 7) is 1.35. The predicted molar refractivity (Wildman–Crippen MR) is 136 cm³/mol. The van der Waals surface area contributed by atoms with E-state index in [1.54, 1.807) is 19.1 Å². The van der Waals surface area contributed by atoms with Gasteiger partial charge in [-0.1, -0.05) is 6.07 Å². The summed E-state index contributed by atoms with van der Waals surface area (Å²) >= 11 is 0.617. The molecule has 0 unspecified atom stereocenters. The largest absolute Gasteiger partial charge is 0.490 e. The quantitative estimate of drug-likeness (QED) is 0.216. The van der Waals surface area contributed by atoms with E-state index < -0.39 is 40.2 Å². The molecule has 0 aliphatic carbocycles. The fourth-order valence-corrected chi connectivity index (χ4v) is 4.17. The van der Waals surface area contributed by atoms with Crippen LogP contribution in [0.1, 0.15) is 12.5 Å². The molecule has 3 amide bonds. The molecule has 11 nitrogen and oxygen atoms in total. The van der Waals surface area contributed by atoms with Crippen molar-refractivity contribution in [3.05, 3.63) is 86.9 Å². The number of amides is 3. The summed E-state index contributed by atoms with van der Waals surface area (Å²) in [7, 11) is 0. The Morgan fingerprint density at radius 1 is 1.15 bits per heavy atom. The minimum Gasteiger partial charge on any atom is -0.490 e. The highest BCUT2D eigenvalue weighted by Crippen LogP contribution is 2.36. The lowest BCUT2D eigenvalue weighted by atomic mass is 10.2. The molecular formula is C25H18F2N4O7S. The highest BCUT2D eigenvalue weighted by atomic mass is 32.2. The molecule has 2 aromatic carbocycles. The van der Waals surface area contributed by atoms with Crippen molar-refractivity contribution in [2.75, 3.05) is 18.5 Å². The number of hydrogen-bond donors (Lipinski definition) is 1. The van der Waals surface area contributed by atoms with Gasteiger partial charge in [-0.15, -0.1) is 0 Å². The number of halogens is 2. The van der Waals surface area contributed by atoms with Gasteiger partial charge in [0.05, 0.1) is 22.1 Å². The summed E-state index contributed by atoms with van der Waals surface area (Å²) in [6.07, 6.45) is 2.48. The summed E-state index contributed by atoms with van der Waals surface area (Å²) in [5.41, 5.74) is -0.0128. The average Bonchev–Trinajstić information content (AvgIpc) is 3.15. The number of carbonyl (C=O) groups excluding carboxylic acids is 3. The zero-order valence-electron chi connectivity index (χ0n) is 20.1. The molecule has 0 radical (unpaired) electrons. The Kier molecular flexibility index (Phi) is 8.15. The Labute approximate surface area is 223 Å². The third-order valence-electron chi connectivity index (χ3n) is 5.09. The minimum absolute atomic E-state index is 0.0360. The molecule has 1 saturated heterocycles. The summed E-state index contributed by atoms with van der Waals surface area (Å²) in [5, 5.41) is 12.3. The van der Waals surface area contributed by atoms with Gasteiger partial charge >= 0.3 is 0 Å². The van der Waals surface area contributed by atoms with E-state index in [9.17, 15) is 33.3 Å². The van der Waals surface area contributed by atoms with Gasteiger partial charge in [-0.05, 0) is 54.6 Å². The van der Waals surface area contributed by atoms with Crippen LogP contribution < -0.4 is 14.8 Å². The second kappa shape index (κ2) is 11.7. The molecule has 0 atom stereocenters. The normalized spacial score (nSPS) is 14.0. The molecular weight excluding hydrogens is 538 g/mol. The highest BCUT2D eigenvalue weighted by Gasteiger charge is 2.36. The fourth-order valence-electron chi connectivity index (χ4n) is 3.33. The molecule has 0 saturated carbocycles. The summed E-state index contributed by atoms with van der Waals surface area (Å²) in [4.78, 5) is 52.4. The molecule has 1 aromatic heterocycles. The van der Waals surface area contributed by atoms with Crippen molar-refractivity contribution in [3.63, 3.8) is 0 Å². The Balaban J connectivity index is 1.47. The van der Waals surface area contributed by atoms with E-state index in [4.69, 9.17) is 9.47 Å². The van der Waals surface area contributed by atoms with Crippen LogP contribution in [-0.4, -0.2) is 45.0 Å². The highest BCUT2D eigenvalue weighted by molar-refractivity contribution is 8.18. The number of anilines is 1. The van der Waals surface area contributed by atoms with E-state index in [1.807, 2.05) is 0 Å². The molecule has 14 heteroatoms. The number of nitro groups is 1. The first-order valence-electron chi connectivity index (χ1n) is 11.2. The lowest BCUT2D eigenvalue weighted by molar-refractivity contribution is -0.385. The van der Waals surface area contributed by atoms with Crippen LogP contribution in [-0.2, 0) is 9.59 Å². The third-order valence-corrected chi connectivity index (χ3v) is 6.00. The second-order valence-electron chi connectivity index (χ2n) is 7.79. The number of aromatic nitrogens is 1. The van der Waals surface area contributed by atoms with Crippen LogP contribution in [0.5, 0.6) is 17.4 Å². The monoisotopic (exact) mass is 556 g/mol. The van der Waals surface area contributed by atoms with E-state index in [0.717, 1.165) is 18.3 Å². The number of thioether (sulfide) groups is 1. The molecule has 0 spiro atoms. The maximum atomic E-state index is 13.8. The molecule has 1 N–H and O–H groups in total. The average molecular weight is 557 g/mol. The van der Waals surface area contributed by atoms with E-state index in [2.05, 4.69) is 10.3 Å². The first kappa shape index (κ1) is 27.2. The first-order valence-corrected chi connectivity index (χ1v) is 12.0. The SMILES string of the molecule is CCOc1cc(/C=C2\SC(=O)N(CC(=O)Nc3ccc(F)cc3F)C2=O)ccc1Oc1ccc([N+](=O)[O-])cn1. The molecule has 1 fully saturated rings. The van der Waals surface area contributed by atoms with E-state index >= 15 is 0 Å². The van der Waals surface area contributed by atoms with Crippen LogP contribution >= 0.6 is 11.8 Å². The number of rotatable bonds is 9. The van der Waals surface area contributed by atoms with Crippen LogP contribution in [0.3, 0.4) is 0 Å². The summed E-state index contributed by atoms with van der Waals surface area (Å²) < 4.78 is 38.2. The van der Waals surface area contributed by atoms with Crippen LogP contribution in [0.4, 0.5) is 25.0 Å². The van der Waals surface area contributed by atoms with E-state index in [1.165, 1.54) is 24.3 Å². The number of nitrogens with one attached hydrogen (secondary N) is 1. The molecule has 1 aliphatic heterocycles. The fraction of sp³-hybridized carbons (Fsp3) is 0.120. The Hall–Kier alpha value is -4.85. The van der Waals surface area contributed by atoms with Gasteiger partial charge in [0.15, 0.2) is 11.5 Å². The Morgan fingerprint density at radius 2 is 1.95 bits per heavy atom. The Morgan fingerprint density at radius 3 is 2.62 bits per heavy atom. The molecule has 3 aromatic rings. The van der Waals surface area contributed by atoms with Gasteiger partial charge in [0.25, 0.3) is 16.8 Å². The number of ether oxygens (including phenoxy) is 2. The number of pyridine rings is 1. The zero-order valence-corrected chi connectivity index (χ0v) is 20.9. The molecule has 1 aliphatic rings. The van der Waals surface area contributed by atoms with Crippen molar-refractivity contribution in [1.82, 2.24) is 9.88 Å². The molecule has 4 rings (SSSR count). The maximum absolute atomic E-state index is 13.8. The van der Waals surface area contributed by atoms with Crippen molar-refractivity contribution >= 4 is 46.3 Å². The molecule has 0 bridgehead atoms. The lowest BCUT2D eigenvalue weighted by Gasteiger charge is -2.13. The number of carbonyl (C=O) groups is 3. The van der Waals surface area contributed by atoms with Crippen LogP contribution in [0, 0.1) is 21.7 Å². The van der Waals surface area contributed by atoms with Crippen molar-refractivity contribution in [2.24, 2.45) is 0 Å². The smallest absolute Gasteiger partial charge is 0.294 e. The lowest BCUT2D eigenvalue weighted by Crippen LogP contribution is -2.36. The standard InChI is InChI=1S/C25H18F2N4O7S/c1-2-37-20-9-14(3-7-19(20)38-23-8-5-16(12-28-23)31(35)36)10-21-24(33)30(25(34)39-21)13-22(32)29-18-6-4-15(26)11-17(18)27/h3-12H,2,13H2,1H3,(H,29,32)/b21-10-. The van der Waals surface area contributed by atoms with Crippen LogP contribution in [0.15, 0.2) is 59.6 Å². The number of imide groups is 1. The Bertz CT molecular complexity index is 1500. The topological polar surface area (TPSA) is 141 Å². The molecule has 39 heavy (non-hydrogen) atoms. The van der Waals surface area contributed by atoms with E-state index in [0.29, 0.717) is 28.3 Å². The van der Waals surface area contributed by atoms with Gasteiger partial charge in [0.2, 0.25) is 11.8 Å². The van der Waals surface area contributed by atoms with Gasteiger partial charge in [0.1, 0.15) is 24.4 Å². The molecule has 2 heterocycles. The number of benzene rings is 2. The predicted octanol–water partition coefficient (Wildman–Crippen LogP) is 5.13. The van der Waals surface area contributed by atoms with Gasteiger partial charge in [-0.3, -0.25) is 29.4 Å². The van der Waals surface area contributed by atoms with Gasteiger partial charge in [0, 0.05) is 18.2 Å². The summed E-state index contributed by atoms with van der Waals surface area (Å²) in [5.74, 6) is -2.76. The van der Waals surface area contributed by atoms with Gasteiger partial charge in [-0.2, -0.15) is 0 Å². The van der Waals surface area contributed by atoms with Crippen LogP contribution in [0.2, 0.25) is 0 Å². The first-order chi connectivity index (χ1) is 18.6. The molecule has 200 valence electrons. The van der Waals surface area contributed by atoms with Crippen molar-refractivity contribution in [3.8, 4) is 17.4 Å². The van der Waals surface area contributed by atoms with Crippen molar-refractivity contribution < 1.29 is 37.6 Å². The van der Waals surface area contributed by atoms with Gasteiger partial charge < -0.3 is 14.8 Å². The zero-order chi connectivity index (χ0) is 28.1. The number of hydrogen-bond acceptors (Lipinski definition) is 9. The minimum atomic E-state index is -1.00. The maximum Gasteiger partial charge on any atom is 0.294 e. The van der Waals surface area contributed by atoms with E-state index in [-0.39, 0.29) is 40.3 Å².